The molecule has 1 heterocycles. The second-order valence-electron chi connectivity index (χ2n) is 5.68. The van der Waals surface area contributed by atoms with Crippen LogP contribution in [-0.2, 0) is 14.3 Å². The number of carbonyl (C=O) groups is 2. The molecule has 1 aliphatic heterocycles. The van der Waals surface area contributed by atoms with E-state index >= 15 is 0 Å². The lowest BCUT2D eigenvalue weighted by Gasteiger charge is -2.35. The Morgan fingerprint density at radius 3 is 2.13 bits per heavy atom. The SMILES string of the molecule is COCC1(C(=O)Nc2ccc(NC(C)=O)cc2)CCNCC1.Cl. The van der Waals surface area contributed by atoms with Gasteiger partial charge in [-0.05, 0) is 50.2 Å². The molecule has 1 aliphatic rings. The monoisotopic (exact) mass is 341 g/mol. The number of ether oxygens (including phenoxy) is 1. The fourth-order valence-electron chi connectivity index (χ4n) is 2.72. The predicted octanol–water partition coefficient (Wildman–Crippen LogP) is 2.02. The van der Waals surface area contributed by atoms with Crippen LogP contribution < -0.4 is 16.0 Å². The van der Waals surface area contributed by atoms with Crippen molar-refractivity contribution in [3.63, 3.8) is 0 Å². The summed E-state index contributed by atoms with van der Waals surface area (Å²) in [5, 5.41) is 8.92. The molecule has 1 aromatic carbocycles. The second-order valence-corrected chi connectivity index (χ2v) is 5.68. The van der Waals surface area contributed by atoms with E-state index in [1.165, 1.54) is 6.92 Å². The molecule has 1 aromatic rings. The number of piperidine rings is 1. The number of methoxy groups -OCH3 is 1. The normalized spacial score (nSPS) is 16.1. The zero-order chi connectivity index (χ0) is 16.0. The molecule has 128 valence electrons. The van der Waals surface area contributed by atoms with Crippen LogP contribution in [0.2, 0.25) is 0 Å². The number of rotatable bonds is 5. The van der Waals surface area contributed by atoms with Crippen LogP contribution in [0.5, 0.6) is 0 Å². The summed E-state index contributed by atoms with van der Waals surface area (Å²) in [5.41, 5.74) is 0.947. The first-order valence-electron chi connectivity index (χ1n) is 7.44. The van der Waals surface area contributed by atoms with Crippen LogP contribution in [0.4, 0.5) is 11.4 Å². The van der Waals surface area contributed by atoms with Gasteiger partial charge in [0.25, 0.3) is 0 Å². The molecule has 0 spiro atoms. The Morgan fingerprint density at radius 2 is 1.65 bits per heavy atom. The molecule has 2 rings (SSSR count). The highest BCUT2D eigenvalue weighted by molar-refractivity contribution is 5.96. The van der Waals surface area contributed by atoms with Crippen molar-refractivity contribution in [2.75, 3.05) is 37.4 Å². The molecule has 0 aliphatic carbocycles. The van der Waals surface area contributed by atoms with Crippen molar-refractivity contribution in [3.05, 3.63) is 24.3 Å². The van der Waals surface area contributed by atoms with Crippen molar-refractivity contribution in [2.45, 2.75) is 19.8 Å². The first-order chi connectivity index (χ1) is 10.6. The Bertz CT molecular complexity index is 522. The molecule has 0 unspecified atom stereocenters. The molecule has 7 heteroatoms. The summed E-state index contributed by atoms with van der Waals surface area (Å²) in [6.07, 6.45) is 1.52. The van der Waals surface area contributed by atoms with E-state index < -0.39 is 5.41 Å². The highest BCUT2D eigenvalue weighted by atomic mass is 35.5. The summed E-state index contributed by atoms with van der Waals surface area (Å²) in [5.74, 6) is -0.131. The Labute approximate surface area is 142 Å². The van der Waals surface area contributed by atoms with Gasteiger partial charge in [0, 0.05) is 25.4 Å². The molecule has 0 bridgehead atoms. The van der Waals surface area contributed by atoms with Gasteiger partial charge < -0.3 is 20.7 Å². The Morgan fingerprint density at radius 1 is 1.13 bits per heavy atom. The van der Waals surface area contributed by atoms with Crippen molar-refractivity contribution < 1.29 is 14.3 Å². The number of hydrogen-bond acceptors (Lipinski definition) is 4. The molecule has 0 aromatic heterocycles. The number of hydrogen-bond donors (Lipinski definition) is 3. The molecule has 2 amide bonds. The lowest BCUT2D eigenvalue weighted by atomic mass is 9.78. The van der Waals surface area contributed by atoms with Crippen LogP contribution in [0.25, 0.3) is 0 Å². The topological polar surface area (TPSA) is 79.5 Å². The van der Waals surface area contributed by atoms with Crippen molar-refractivity contribution in [1.29, 1.82) is 0 Å². The van der Waals surface area contributed by atoms with E-state index in [9.17, 15) is 9.59 Å². The average Bonchev–Trinajstić information content (AvgIpc) is 2.50. The number of amides is 2. The van der Waals surface area contributed by atoms with Gasteiger partial charge in [-0.3, -0.25) is 9.59 Å². The maximum absolute atomic E-state index is 12.7. The number of benzene rings is 1. The minimum Gasteiger partial charge on any atom is -0.384 e. The maximum atomic E-state index is 12.7. The number of nitrogens with one attached hydrogen (secondary N) is 3. The molecule has 23 heavy (non-hydrogen) atoms. The molecule has 1 fully saturated rings. The third kappa shape index (κ3) is 5.20. The third-order valence-corrected chi connectivity index (χ3v) is 3.93. The van der Waals surface area contributed by atoms with Crippen LogP contribution in [0.3, 0.4) is 0 Å². The van der Waals surface area contributed by atoms with Crippen molar-refractivity contribution in [1.82, 2.24) is 5.32 Å². The van der Waals surface area contributed by atoms with E-state index in [1.54, 1.807) is 31.4 Å². The number of halogens is 1. The van der Waals surface area contributed by atoms with Crippen LogP contribution in [0.15, 0.2) is 24.3 Å². The zero-order valence-electron chi connectivity index (χ0n) is 13.5. The maximum Gasteiger partial charge on any atom is 0.233 e. The molecule has 1 saturated heterocycles. The van der Waals surface area contributed by atoms with Gasteiger partial charge in [0.05, 0.1) is 12.0 Å². The summed E-state index contributed by atoms with van der Waals surface area (Å²) in [4.78, 5) is 23.6. The molecule has 3 N–H and O–H groups in total. The molecule has 0 radical (unpaired) electrons. The second kappa shape index (κ2) is 8.86. The first kappa shape index (κ1) is 19.4. The van der Waals surface area contributed by atoms with E-state index in [4.69, 9.17) is 4.74 Å². The van der Waals surface area contributed by atoms with Gasteiger partial charge in [-0.15, -0.1) is 12.4 Å². The quantitative estimate of drug-likeness (QED) is 0.765. The fraction of sp³-hybridized carbons (Fsp3) is 0.500. The van der Waals surface area contributed by atoms with E-state index in [0.717, 1.165) is 25.9 Å². The van der Waals surface area contributed by atoms with E-state index in [1.807, 2.05) is 0 Å². The Balaban J connectivity index is 0.00000264. The average molecular weight is 342 g/mol. The highest BCUT2D eigenvalue weighted by Crippen LogP contribution is 2.31. The Hall–Kier alpha value is -1.63. The van der Waals surface area contributed by atoms with Crippen LogP contribution in [0, 0.1) is 5.41 Å². The van der Waals surface area contributed by atoms with Gasteiger partial charge in [-0.1, -0.05) is 0 Å². The van der Waals surface area contributed by atoms with E-state index in [0.29, 0.717) is 18.0 Å². The lowest BCUT2D eigenvalue weighted by Crippen LogP contribution is -2.47. The molecular formula is C16H24ClN3O3. The summed E-state index contributed by atoms with van der Waals surface area (Å²) >= 11 is 0. The fourth-order valence-corrected chi connectivity index (χ4v) is 2.72. The minimum absolute atomic E-state index is 0. The van der Waals surface area contributed by atoms with Gasteiger partial charge in [-0.25, -0.2) is 0 Å². The Kier molecular flexibility index (Phi) is 7.48. The predicted molar refractivity (Wildman–Crippen MR) is 93.0 cm³/mol. The van der Waals surface area contributed by atoms with Crippen molar-refractivity contribution >= 4 is 35.6 Å². The van der Waals surface area contributed by atoms with Gasteiger partial charge in [0.1, 0.15) is 0 Å². The van der Waals surface area contributed by atoms with Gasteiger partial charge >= 0.3 is 0 Å². The largest absolute Gasteiger partial charge is 0.384 e. The third-order valence-electron chi connectivity index (χ3n) is 3.93. The first-order valence-corrected chi connectivity index (χ1v) is 7.44. The lowest BCUT2D eigenvalue weighted by molar-refractivity contribution is -0.130. The van der Waals surface area contributed by atoms with Crippen LogP contribution >= 0.6 is 12.4 Å². The number of carbonyl (C=O) groups excluding carboxylic acids is 2. The summed E-state index contributed by atoms with van der Waals surface area (Å²) < 4.78 is 5.27. The smallest absolute Gasteiger partial charge is 0.233 e. The van der Waals surface area contributed by atoms with E-state index in [-0.39, 0.29) is 24.2 Å². The number of anilines is 2. The molecule has 6 nitrogen and oxygen atoms in total. The summed E-state index contributed by atoms with van der Waals surface area (Å²) in [7, 11) is 1.62. The standard InChI is InChI=1S/C16H23N3O3.ClH/c1-12(20)18-13-3-5-14(6-4-13)19-15(21)16(11-22-2)7-9-17-10-8-16;/h3-6,17H,7-11H2,1-2H3,(H,18,20)(H,19,21);1H. The van der Waals surface area contributed by atoms with Crippen molar-refractivity contribution in [3.8, 4) is 0 Å². The molecule has 0 saturated carbocycles. The van der Waals surface area contributed by atoms with Gasteiger partial charge in [0.15, 0.2) is 0 Å². The van der Waals surface area contributed by atoms with Gasteiger partial charge in [0.2, 0.25) is 11.8 Å². The molecule has 0 atom stereocenters. The highest BCUT2D eigenvalue weighted by Gasteiger charge is 2.39. The van der Waals surface area contributed by atoms with Gasteiger partial charge in [-0.2, -0.15) is 0 Å². The van der Waals surface area contributed by atoms with Crippen LogP contribution in [-0.4, -0.2) is 38.6 Å². The minimum atomic E-state index is -0.476. The zero-order valence-corrected chi connectivity index (χ0v) is 14.3. The summed E-state index contributed by atoms with van der Waals surface area (Å²) in [6, 6.07) is 7.10. The van der Waals surface area contributed by atoms with Crippen molar-refractivity contribution in [2.24, 2.45) is 5.41 Å². The molecular weight excluding hydrogens is 318 g/mol. The van der Waals surface area contributed by atoms with E-state index in [2.05, 4.69) is 16.0 Å². The van der Waals surface area contributed by atoms with Crippen LogP contribution in [0.1, 0.15) is 19.8 Å². The summed E-state index contributed by atoms with van der Waals surface area (Å²) in [6.45, 7) is 3.52.